The zero-order valence-electron chi connectivity index (χ0n) is 17.4. The fourth-order valence-electron chi connectivity index (χ4n) is 3.70. The van der Waals surface area contributed by atoms with E-state index in [0.29, 0.717) is 30.7 Å². The molecule has 2 aliphatic rings. The van der Waals surface area contributed by atoms with Crippen molar-refractivity contribution in [2.24, 2.45) is 5.92 Å². The highest BCUT2D eigenvalue weighted by Gasteiger charge is 2.53. The summed E-state index contributed by atoms with van der Waals surface area (Å²) in [6, 6.07) is 2.88. The van der Waals surface area contributed by atoms with Gasteiger partial charge >= 0.3 is 5.97 Å². The number of aliphatic hydroxyl groups excluding tert-OH is 1. The van der Waals surface area contributed by atoms with E-state index in [1.165, 1.54) is 23.2 Å². The van der Waals surface area contributed by atoms with E-state index >= 15 is 0 Å². The molecule has 0 bridgehead atoms. The first-order valence-electron chi connectivity index (χ1n) is 10.1. The van der Waals surface area contributed by atoms with Gasteiger partial charge in [-0.15, -0.1) is 11.3 Å². The second kappa shape index (κ2) is 9.72. The quantitative estimate of drug-likeness (QED) is 0.346. The molecule has 1 aromatic heterocycles. The van der Waals surface area contributed by atoms with Crippen molar-refractivity contribution < 1.29 is 29.0 Å². The molecule has 0 aliphatic carbocycles. The van der Waals surface area contributed by atoms with Crippen LogP contribution in [0.2, 0.25) is 0 Å². The third-order valence-corrected chi connectivity index (χ3v) is 5.96. The van der Waals surface area contributed by atoms with Crippen molar-refractivity contribution in [2.75, 3.05) is 13.2 Å². The highest BCUT2D eigenvalue weighted by molar-refractivity contribution is 7.10. The summed E-state index contributed by atoms with van der Waals surface area (Å²) in [5.41, 5.74) is 0.997. The van der Waals surface area contributed by atoms with Crippen molar-refractivity contribution >= 4 is 29.1 Å². The fraction of sp³-hybridized carbons (Fsp3) is 0.571. The first kappa shape index (κ1) is 22.5. The number of esters is 1. The van der Waals surface area contributed by atoms with Gasteiger partial charge in [-0.1, -0.05) is 19.9 Å². The van der Waals surface area contributed by atoms with Crippen LogP contribution in [0.4, 0.5) is 0 Å². The predicted molar refractivity (Wildman–Crippen MR) is 110 cm³/mol. The van der Waals surface area contributed by atoms with Crippen molar-refractivity contribution in [3.05, 3.63) is 33.7 Å². The van der Waals surface area contributed by atoms with E-state index in [-0.39, 0.29) is 36.8 Å². The number of β-lactam (4-membered cyclic amide) rings is 1. The molecule has 2 aliphatic heterocycles. The Balaban J connectivity index is 1.72. The lowest BCUT2D eigenvalue weighted by molar-refractivity contribution is -0.161. The summed E-state index contributed by atoms with van der Waals surface area (Å²) in [6.07, 6.45) is 0.0742. The van der Waals surface area contributed by atoms with Crippen LogP contribution in [0.1, 0.15) is 38.5 Å². The lowest BCUT2D eigenvalue weighted by atomic mass is 9.83. The summed E-state index contributed by atoms with van der Waals surface area (Å²) in [4.78, 5) is 38.9. The monoisotopic (exact) mass is 436 g/mol. The maximum absolute atomic E-state index is 12.9. The molecule has 0 radical (unpaired) electrons. The SMILES string of the molecule is CC(=O)OCC1=C(C(O)OCC(C)C)N2C(=O)[C@@H](NC(=O)Cc3cccs3)[C@H]2CC1. The van der Waals surface area contributed by atoms with E-state index in [2.05, 4.69) is 5.32 Å². The number of nitrogens with one attached hydrogen (secondary N) is 1. The number of hydrogen-bond acceptors (Lipinski definition) is 7. The van der Waals surface area contributed by atoms with Crippen molar-refractivity contribution in [1.82, 2.24) is 10.2 Å². The maximum atomic E-state index is 12.9. The van der Waals surface area contributed by atoms with E-state index in [4.69, 9.17) is 9.47 Å². The van der Waals surface area contributed by atoms with Crippen LogP contribution in [-0.2, 0) is 30.3 Å². The van der Waals surface area contributed by atoms with Gasteiger partial charge in [0.05, 0.1) is 24.8 Å². The summed E-state index contributed by atoms with van der Waals surface area (Å²) in [6.45, 7) is 5.54. The van der Waals surface area contributed by atoms with Crippen LogP contribution in [0.25, 0.3) is 0 Å². The highest BCUT2D eigenvalue weighted by atomic mass is 32.1. The molecule has 1 aromatic rings. The van der Waals surface area contributed by atoms with Crippen molar-refractivity contribution in [1.29, 1.82) is 0 Å². The van der Waals surface area contributed by atoms with Gasteiger partial charge in [-0.05, 0) is 35.8 Å². The molecule has 0 aromatic carbocycles. The van der Waals surface area contributed by atoms with Gasteiger partial charge in [0.15, 0.2) is 6.29 Å². The van der Waals surface area contributed by atoms with E-state index in [1.807, 2.05) is 31.4 Å². The molecule has 1 unspecified atom stereocenters. The van der Waals surface area contributed by atoms with E-state index < -0.39 is 18.3 Å². The lowest BCUT2D eigenvalue weighted by Crippen LogP contribution is -2.72. The predicted octanol–water partition coefficient (Wildman–Crippen LogP) is 1.59. The van der Waals surface area contributed by atoms with Crippen LogP contribution in [0.5, 0.6) is 0 Å². The molecule has 3 heterocycles. The summed E-state index contributed by atoms with van der Waals surface area (Å²) < 4.78 is 10.7. The van der Waals surface area contributed by atoms with E-state index in [1.54, 1.807) is 0 Å². The normalized spacial score (nSPS) is 21.9. The van der Waals surface area contributed by atoms with E-state index in [0.717, 1.165) is 4.88 Å². The molecule has 3 rings (SSSR count). The van der Waals surface area contributed by atoms with Gasteiger partial charge in [-0.25, -0.2) is 0 Å². The molecule has 3 atom stereocenters. The Labute approximate surface area is 179 Å². The maximum Gasteiger partial charge on any atom is 0.302 e. The summed E-state index contributed by atoms with van der Waals surface area (Å²) in [5, 5.41) is 15.4. The minimum absolute atomic E-state index is 0.00132. The smallest absolute Gasteiger partial charge is 0.302 e. The number of carbonyl (C=O) groups excluding carboxylic acids is 3. The molecule has 0 spiro atoms. The van der Waals surface area contributed by atoms with Gasteiger partial charge in [0, 0.05) is 11.8 Å². The number of amides is 2. The van der Waals surface area contributed by atoms with Gasteiger partial charge in [0.25, 0.3) is 5.91 Å². The van der Waals surface area contributed by atoms with Gasteiger partial charge in [0.1, 0.15) is 12.6 Å². The van der Waals surface area contributed by atoms with Gasteiger partial charge < -0.3 is 24.8 Å². The van der Waals surface area contributed by atoms with Crippen molar-refractivity contribution in [3.8, 4) is 0 Å². The molecule has 30 heavy (non-hydrogen) atoms. The molecule has 8 nitrogen and oxygen atoms in total. The number of nitrogens with zero attached hydrogens (tertiary/aromatic N) is 1. The molecule has 0 saturated carbocycles. The van der Waals surface area contributed by atoms with Crippen LogP contribution < -0.4 is 5.32 Å². The number of fused-ring (bicyclic) bond motifs is 1. The minimum Gasteiger partial charge on any atom is -0.461 e. The summed E-state index contributed by atoms with van der Waals surface area (Å²) in [5.74, 6) is -0.729. The Hall–Kier alpha value is -2.23. The number of rotatable bonds is 9. The molecule has 9 heteroatoms. The number of ether oxygens (including phenoxy) is 2. The largest absolute Gasteiger partial charge is 0.461 e. The first-order valence-corrected chi connectivity index (χ1v) is 11.0. The highest BCUT2D eigenvalue weighted by Crippen LogP contribution is 2.38. The van der Waals surface area contributed by atoms with Crippen LogP contribution in [0, 0.1) is 5.92 Å². The Morgan fingerprint density at radius 2 is 2.17 bits per heavy atom. The van der Waals surface area contributed by atoms with Crippen LogP contribution in [0.15, 0.2) is 28.8 Å². The van der Waals surface area contributed by atoms with Crippen LogP contribution in [-0.4, -0.2) is 59.4 Å². The van der Waals surface area contributed by atoms with Crippen molar-refractivity contribution in [2.45, 2.75) is 58.4 Å². The second-order valence-corrected chi connectivity index (χ2v) is 9.00. The number of thiophene rings is 1. The Morgan fingerprint density at radius 3 is 2.80 bits per heavy atom. The number of hydrogen-bond donors (Lipinski definition) is 2. The average molecular weight is 437 g/mol. The van der Waals surface area contributed by atoms with E-state index in [9.17, 15) is 19.5 Å². The zero-order valence-corrected chi connectivity index (χ0v) is 18.2. The van der Waals surface area contributed by atoms with Crippen LogP contribution >= 0.6 is 11.3 Å². The molecule has 1 saturated heterocycles. The molecule has 2 amide bonds. The second-order valence-electron chi connectivity index (χ2n) is 7.96. The third kappa shape index (κ3) is 5.08. The third-order valence-electron chi connectivity index (χ3n) is 5.09. The van der Waals surface area contributed by atoms with Gasteiger partial charge in [-0.3, -0.25) is 14.4 Å². The Morgan fingerprint density at radius 1 is 1.40 bits per heavy atom. The Kier molecular flexibility index (Phi) is 7.27. The zero-order chi connectivity index (χ0) is 21.8. The summed E-state index contributed by atoms with van der Waals surface area (Å²) >= 11 is 1.49. The van der Waals surface area contributed by atoms with Gasteiger partial charge in [0.2, 0.25) is 5.91 Å². The number of aliphatic hydroxyl groups is 1. The number of carbonyl (C=O) groups is 3. The standard InChI is InChI=1S/C21H28N2O6S/c1-12(2)10-29-21(27)19-14(11-28-13(3)24)6-7-16-18(20(26)23(16)19)22-17(25)9-15-5-4-8-30-15/h4-5,8,12,16,18,21,27H,6-7,9-11H2,1-3H3,(H,22,25)/t16-,18+,21?/m1/s1. The fourth-order valence-corrected chi connectivity index (χ4v) is 4.41. The van der Waals surface area contributed by atoms with Crippen LogP contribution in [0.3, 0.4) is 0 Å². The molecule has 164 valence electrons. The van der Waals surface area contributed by atoms with Gasteiger partial charge in [-0.2, -0.15) is 0 Å². The van der Waals surface area contributed by atoms with Crippen molar-refractivity contribution in [3.63, 3.8) is 0 Å². The molecular weight excluding hydrogens is 408 g/mol. The average Bonchev–Trinajstić information content (AvgIpc) is 3.20. The first-order chi connectivity index (χ1) is 14.3. The lowest BCUT2D eigenvalue weighted by Gasteiger charge is -2.52. The molecule has 2 N–H and O–H groups in total. The topological polar surface area (TPSA) is 105 Å². The molecule has 1 fully saturated rings. The summed E-state index contributed by atoms with van der Waals surface area (Å²) in [7, 11) is 0. The Bertz CT molecular complexity index is 819. The minimum atomic E-state index is -1.30. The molecular formula is C21H28N2O6S.